The number of nitrogens with zero attached hydrogens (tertiary/aromatic N) is 3. The highest BCUT2D eigenvalue weighted by molar-refractivity contribution is 5.80. The van der Waals surface area contributed by atoms with Gasteiger partial charge in [0.2, 0.25) is 5.91 Å². The van der Waals surface area contributed by atoms with Crippen molar-refractivity contribution in [1.29, 1.82) is 0 Å². The summed E-state index contributed by atoms with van der Waals surface area (Å²) in [7, 11) is 1.77. The van der Waals surface area contributed by atoms with Crippen LogP contribution in [0.15, 0.2) is 41.2 Å². The Hall–Kier alpha value is -3.02. The number of carbonyl (C=O) groups excluding carboxylic acids is 1. The number of hydrogen-bond acceptors (Lipinski definition) is 3. The van der Waals surface area contributed by atoms with Crippen molar-refractivity contribution in [2.45, 2.75) is 39.2 Å². The molecule has 1 saturated heterocycles. The lowest BCUT2D eigenvalue weighted by Gasteiger charge is -2.33. The number of imidazole rings is 1. The molecule has 0 spiro atoms. The number of amides is 1. The summed E-state index contributed by atoms with van der Waals surface area (Å²) in [6, 6.07) is 11.8. The second-order valence-electron chi connectivity index (χ2n) is 8.27. The van der Waals surface area contributed by atoms with Crippen molar-refractivity contribution in [3.05, 3.63) is 63.6 Å². The summed E-state index contributed by atoms with van der Waals surface area (Å²) in [6.45, 7) is 5.41. The number of carbonyl (C=O) groups is 1. The molecule has 0 saturated carbocycles. The maximum absolute atomic E-state index is 13.0. The van der Waals surface area contributed by atoms with E-state index in [0.717, 1.165) is 36.0 Å². The maximum Gasteiger partial charge on any atom is 0.329 e. The summed E-state index contributed by atoms with van der Waals surface area (Å²) in [5.41, 5.74) is 11.6. The molecule has 4 rings (SSSR count). The summed E-state index contributed by atoms with van der Waals surface area (Å²) in [5, 5.41) is 0. The quantitative estimate of drug-likeness (QED) is 0.697. The number of nitrogens with two attached hydrogens (primary N) is 1. The molecule has 0 bridgehead atoms. The van der Waals surface area contributed by atoms with E-state index in [1.54, 1.807) is 11.6 Å². The summed E-state index contributed by atoms with van der Waals surface area (Å²) in [4.78, 5) is 27.8. The van der Waals surface area contributed by atoms with Crippen LogP contribution in [-0.2, 0) is 18.3 Å². The number of aryl methyl sites for hydroxylation is 3. The van der Waals surface area contributed by atoms with Gasteiger partial charge in [0.25, 0.3) is 0 Å². The fraction of sp³-hybridized carbons (Fsp3) is 0.391. The van der Waals surface area contributed by atoms with Gasteiger partial charge < -0.3 is 10.6 Å². The minimum Gasteiger partial charge on any atom is -0.399 e. The first-order valence-electron chi connectivity index (χ1n) is 10.1. The zero-order valence-corrected chi connectivity index (χ0v) is 17.3. The molecule has 0 aliphatic carbocycles. The molecule has 1 aromatic heterocycles. The molecule has 0 radical (unpaired) electrons. The zero-order chi connectivity index (χ0) is 20.7. The van der Waals surface area contributed by atoms with Gasteiger partial charge in [-0.3, -0.25) is 13.9 Å². The topological polar surface area (TPSA) is 73.3 Å². The highest BCUT2D eigenvalue weighted by Crippen LogP contribution is 2.26. The second kappa shape index (κ2) is 7.43. The fourth-order valence-electron chi connectivity index (χ4n) is 4.58. The molecule has 1 atom stereocenters. The van der Waals surface area contributed by atoms with Gasteiger partial charge in [-0.15, -0.1) is 0 Å². The standard InChI is InChI=1S/C23H28N4O2/c1-15-9-16(2)11-17(10-15)12-22(28)26-8-4-5-19(14-26)27-20-7-6-18(24)13-21(20)25(3)23(27)29/h6-7,9-11,13,19H,4-5,8,12,14,24H2,1-3H3. The Bertz CT molecular complexity index is 1120. The van der Waals surface area contributed by atoms with E-state index in [1.807, 2.05) is 27.7 Å². The number of fused-ring (bicyclic) bond motifs is 1. The van der Waals surface area contributed by atoms with Crippen molar-refractivity contribution in [3.63, 3.8) is 0 Å². The van der Waals surface area contributed by atoms with E-state index >= 15 is 0 Å². The third-order valence-electron chi connectivity index (χ3n) is 5.86. The summed E-state index contributed by atoms with van der Waals surface area (Å²) < 4.78 is 3.48. The Morgan fingerprint density at radius 2 is 1.83 bits per heavy atom. The first-order chi connectivity index (χ1) is 13.8. The number of nitrogen functional groups attached to an aromatic ring is 1. The highest BCUT2D eigenvalue weighted by Gasteiger charge is 2.27. The van der Waals surface area contributed by atoms with E-state index < -0.39 is 0 Å². The van der Waals surface area contributed by atoms with E-state index in [9.17, 15) is 9.59 Å². The van der Waals surface area contributed by atoms with Gasteiger partial charge in [0.1, 0.15) is 0 Å². The van der Waals surface area contributed by atoms with Crippen LogP contribution in [0.4, 0.5) is 5.69 Å². The van der Waals surface area contributed by atoms with Gasteiger partial charge >= 0.3 is 5.69 Å². The first-order valence-corrected chi connectivity index (χ1v) is 10.1. The minimum atomic E-state index is -0.0563. The minimum absolute atomic E-state index is 0.0215. The largest absolute Gasteiger partial charge is 0.399 e. The predicted octanol–water partition coefficient (Wildman–Crippen LogP) is 2.95. The van der Waals surface area contributed by atoms with E-state index in [1.165, 1.54) is 11.1 Å². The third-order valence-corrected chi connectivity index (χ3v) is 5.86. The summed E-state index contributed by atoms with van der Waals surface area (Å²) in [6.07, 6.45) is 2.17. The van der Waals surface area contributed by atoms with Crippen LogP contribution in [0.2, 0.25) is 0 Å². The number of anilines is 1. The van der Waals surface area contributed by atoms with Gasteiger partial charge in [-0.2, -0.15) is 0 Å². The van der Waals surface area contributed by atoms with Gasteiger partial charge in [0, 0.05) is 25.8 Å². The highest BCUT2D eigenvalue weighted by atomic mass is 16.2. The summed E-state index contributed by atoms with van der Waals surface area (Å²) in [5.74, 6) is 0.122. The predicted molar refractivity (Wildman–Crippen MR) is 116 cm³/mol. The molecule has 3 aromatic rings. The van der Waals surface area contributed by atoms with Crippen LogP contribution in [0, 0.1) is 13.8 Å². The van der Waals surface area contributed by atoms with Gasteiger partial charge in [0.05, 0.1) is 23.5 Å². The number of hydrogen-bond donors (Lipinski definition) is 1. The maximum atomic E-state index is 13.0. The van der Waals surface area contributed by atoms with Gasteiger partial charge in [-0.25, -0.2) is 4.79 Å². The van der Waals surface area contributed by atoms with Crippen LogP contribution in [-0.4, -0.2) is 33.0 Å². The molecule has 2 N–H and O–H groups in total. The molecule has 29 heavy (non-hydrogen) atoms. The number of rotatable bonds is 3. The summed E-state index contributed by atoms with van der Waals surface area (Å²) >= 11 is 0. The molecular weight excluding hydrogens is 364 g/mol. The molecule has 6 heteroatoms. The Morgan fingerprint density at radius 1 is 1.10 bits per heavy atom. The van der Waals surface area contributed by atoms with Crippen molar-refractivity contribution < 1.29 is 4.79 Å². The lowest BCUT2D eigenvalue weighted by Crippen LogP contribution is -2.43. The number of aromatic nitrogens is 2. The normalized spacial score (nSPS) is 17.1. The van der Waals surface area contributed by atoms with Gasteiger partial charge in [-0.05, 0) is 50.5 Å². The molecular formula is C23H28N4O2. The molecule has 2 heterocycles. The average molecular weight is 393 g/mol. The Morgan fingerprint density at radius 3 is 2.55 bits per heavy atom. The third kappa shape index (κ3) is 3.67. The van der Waals surface area contributed by atoms with E-state index in [2.05, 4.69) is 32.0 Å². The Balaban J connectivity index is 1.59. The van der Waals surface area contributed by atoms with Crippen molar-refractivity contribution >= 4 is 22.6 Å². The Kier molecular flexibility index (Phi) is 4.94. The Labute approximate surface area is 170 Å². The average Bonchev–Trinajstić information content (AvgIpc) is 2.91. The van der Waals surface area contributed by atoms with Crippen LogP contribution >= 0.6 is 0 Å². The molecule has 2 aromatic carbocycles. The van der Waals surface area contributed by atoms with Crippen molar-refractivity contribution in [3.8, 4) is 0 Å². The van der Waals surface area contributed by atoms with Crippen LogP contribution in [0.25, 0.3) is 11.0 Å². The molecule has 152 valence electrons. The number of likely N-dealkylation sites (tertiary alicyclic amines) is 1. The smallest absolute Gasteiger partial charge is 0.329 e. The molecule has 1 unspecified atom stereocenters. The zero-order valence-electron chi connectivity index (χ0n) is 17.3. The molecule has 1 aliphatic rings. The molecule has 6 nitrogen and oxygen atoms in total. The van der Waals surface area contributed by atoms with Crippen LogP contribution < -0.4 is 11.4 Å². The fourth-order valence-corrected chi connectivity index (χ4v) is 4.58. The van der Waals surface area contributed by atoms with Crippen molar-refractivity contribution in [2.24, 2.45) is 7.05 Å². The van der Waals surface area contributed by atoms with Gasteiger partial charge in [0.15, 0.2) is 0 Å². The molecule has 1 amide bonds. The van der Waals surface area contributed by atoms with Crippen LogP contribution in [0.1, 0.15) is 35.6 Å². The molecule has 1 aliphatic heterocycles. The van der Waals surface area contributed by atoms with E-state index in [-0.39, 0.29) is 17.6 Å². The first kappa shape index (κ1) is 19.3. The monoisotopic (exact) mass is 392 g/mol. The van der Waals surface area contributed by atoms with Crippen molar-refractivity contribution in [2.75, 3.05) is 18.8 Å². The number of benzene rings is 2. The van der Waals surface area contributed by atoms with Crippen LogP contribution in [0.3, 0.4) is 0 Å². The van der Waals surface area contributed by atoms with Gasteiger partial charge in [-0.1, -0.05) is 29.3 Å². The molecule has 1 fully saturated rings. The lowest BCUT2D eigenvalue weighted by atomic mass is 10.0. The lowest BCUT2D eigenvalue weighted by molar-refractivity contribution is -0.132. The second-order valence-corrected chi connectivity index (χ2v) is 8.27. The van der Waals surface area contributed by atoms with E-state index in [0.29, 0.717) is 18.7 Å². The van der Waals surface area contributed by atoms with Crippen LogP contribution in [0.5, 0.6) is 0 Å². The van der Waals surface area contributed by atoms with E-state index in [4.69, 9.17) is 5.73 Å². The SMILES string of the molecule is Cc1cc(C)cc(CC(=O)N2CCCC(n3c(=O)n(C)c4cc(N)ccc43)C2)c1. The van der Waals surface area contributed by atoms with Crippen molar-refractivity contribution in [1.82, 2.24) is 14.0 Å². The number of piperidine rings is 1.